The van der Waals surface area contributed by atoms with Crippen molar-refractivity contribution in [3.8, 4) is 0 Å². The molecule has 0 aromatic heterocycles. The van der Waals surface area contributed by atoms with Crippen LogP contribution in [0.2, 0.25) is 5.02 Å². The van der Waals surface area contributed by atoms with Gasteiger partial charge in [0.05, 0.1) is 10.6 Å². The molecule has 6 nitrogen and oxygen atoms in total. The standard InChI is InChI=1S/C7H9ClN2O4/c1-4-6(9(11)12)2-5(8)3-7(4)10(13)14/h2-3,9-11,13H,1H3. The van der Waals surface area contributed by atoms with Crippen molar-refractivity contribution in [2.24, 2.45) is 0 Å². The fraction of sp³-hybridized carbons (Fsp3) is 0.143. The Bertz CT molecular complexity index is 313. The number of halogens is 1. The Labute approximate surface area is 84.6 Å². The van der Waals surface area contributed by atoms with E-state index in [9.17, 15) is 10.4 Å². The fourth-order valence-electron chi connectivity index (χ4n) is 1.12. The van der Waals surface area contributed by atoms with E-state index in [0.29, 0.717) is 0 Å². The lowest BCUT2D eigenvalue weighted by Gasteiger charge is -2.19. The number of hydrogen-bond donors (Lipinski definition) is 4. The molecule has 0 heterocycles. The summed E-state index contributed by atoms with van der Waals surface area (Å²) in [5.41, 5.74) is 0.0270. The minimum atomic E-state index is -1.19. The molecule has 2 unspecified atom stereocenters. The molecule has 14 heavy (non-hydrogen) atoms. The molecule has 1 aromatic rings. The predicted molar refractivity (Wildman–Crippen MR) is 47.7 cm³/mol. The van der Waals surface area contributed by atoms with E-state index < -0.39 is 10.5 Å². The highest BCUT2D eigenvalue weighted by Crippen LogP contribution is 2.23. The molecule has 2 atom stereocenters. The lowest BCUT2D eigenvalue weighted by Crippen LogP contribution is -3.01. The molecule has 4 N–H and O–H groups in total. The van der Waals surface area contributed by atoms with Crippen LogP contribution in [0.1, 0.15) is 5.56 Å². The molecule has 78 valence electrons. The lowest BCUT2D eigenvalue weighted by molar-refractivity contribution is -0.996. The van der Waals surface area contributed by atoms with Crippen molar-refractivity contribution in [1.82, 2.24) is 0 Å². The average Bonchev–Trinajstić information content (AvgIpc) is 2.07. The van der Waals surface area contributed by atoms with E-state index in [1.807, 2.05) is 0 Å². The first kappa shape index (κ1) is 11.3. The van der Waals surface area contributed by atoms with E-state index in [1.54, 1.807) is 0 Å². The fourth-order valence-corrected chi connectivity index (χ4v) is 1.34. The first-order chi connectivity index (χ1) is 6.43. The summed E-state index contributed by atoms with van der Waals surface area (Å²) in [4.78, 5) is 0. The molecule has 7 heteroatoms. The number of benzene rings is 1. The van der Waals surface area contributed by atoms with E-state index in [2.05, 4.69) is 0 Å². The molecule has 0 amide bonds. The maximum Gasteiger partial charge on any atom is 0.174 e. The van der Waals surface area contributed by atoms with Crippen LogP contribution in [-0.2, 0) is 0 Å². The highest BCUT2D eigenvalue weighted by atomic mass is 35.5. The Balaban J connectivity index is 3.32. The summed E-state index contributed by atoms with van der Waals surface area (Å²) in [6.45, 7) is 1.43. The van der Waals surface area contributed by atoms with E-state index in [0.717, 1.165) is 0 Å². The second kappa shape index (κ2) is 4.20. The van der Waals surface area contributed by atoms with Crippen molar-refractivity contribution in [2.45, 2.75) is 6.92 Å². The number of hydrogen-bond acceptors (Lipinski definition) is 4. The van der Waals surface area contributed by atoms with Gasteiger partial charge in [-0.05, 0) is 6.92 Å². The van der Waals surface area contributed by atoms with Crippen LogP contribution in [0, 0.1) is 17.3 Å². The van der Waals surface area contributed by atoms with Crippen molar-refractivity contribution >= 4 is 23.0 Å². The summed E-state index contributed by atoms with van der Waals surface area (Å²) in [7, 11) is 0. The number of quaternary nitrogens is 2. The van der Waals surface area contributed by atoms with Crippen LogP contribution in [0.3, 0.4) is 0 Å². The third-order valence-electron chi connectivity index (χ3n) is 1.83. The van der Waals surface area contributed by atoms with Gasteiger partial charge in [0.15, 0.2) is 11.4 Å². The highest BCUT2D eigenvalue weighted by Gasteiger charge is 2.16. The molecule has 0 fully saturated rings. The van der Waals surface area contributed by atoms with E-state index in [-0.39, 0.29) is 22.0 Å². The normalized spacial score (nSPS) is 15.3. The summed E-state index contributed by atoms with van der Waals surface area (Å²) in [5.74, 6) is 0. The molecule has 1 rings (SSSR count). The van der Waals surface area contributed by atoms with Crippen molar-refractivity contribution in [1.29, 1.82) is 0 Å². The average molecular weight is 221 g/mol. The second-order valence-corrected chi connectivity index (χ2v) is 3.17. The molecule has 0 spiro atoms. The van der Waals surface area contributed by atoms with Gasteiger partial charge in [0.1, 0.15) is 0 Å². The molecule has 0 aliphatic heterocycles. The molecule has 0 aliphatic carbocycles. The van der Waals surface area contributed by atoms with Gasteiger partial charge in [-0.2, -0.15) is 10.5 Å². The zero-order valence-electron chi connectivity index (χ0n) is 7.24. The topological polar surface area (TPSA) is 95.5 Å². The van der Waals surface area contributed by atoms with Crippen molar-refractivity contribution in [3.63, 3.8) is 0 Å². The van der Waals surface area contributed by atoms with E-state index in [1.165, 1.54) is 19.1 Å². The second-order valence-electron chi connectivity index (χ2n) is 2.74. The summed E-state index contributed by atoms with van der Waals surface area (Å²) < 4.78 is 0. The van der Waals surface area contributed by atoms with Gasteiger partial charge in [0, 0.05) is 12.1 Å². The number of rotatable bonds is 2. The summed E-state index contributed by atoms with van der Waals surface area (Å²) in [6, 6.07) is 2.46. The van der Waals surface area contributed by atoms with Crippen LogP contribution in [0.4, 0.5) is 11.4 Å². The smallest absolute Gasteiger partial charge is 0.174 e. The summed E-state index contributed by atoms with van der Waals surface area (Å²) in [6.07, 6.45) is 0. The SMILES string of the molecule is Cc1c([NH+]([O-])O)cc(Cl)cc1[NH+]([O-])O. The highest BCUT2D eigenvalue weighted by molar-refractivity contribution is 6.31. The predicted octanol–water partition coefficient (Wildman–Crippen LogP) is -0.545. The summed E-state index contributed by atoms with van der Waals surface area (Å²) >= 11 is 5.58. The van der Waals surface area contributed by atoms with Gasteiger partial charge in [-0.25, -0.2) is 10.4 Å². The minimum absolute atomic E-state index is 0.0881. The third-order valence-corrected chi connectivity index (χ3v) is 2.05. The zero-order chi connectivity index (χ0) is 10.9. The molecule has 0 saturated heterocycles. The van der Waals surface area contributed by atoms with Crippen LogP contribution in [0.25, 0.3) is 0 Å². The van der Waals surface area contributed by atoms with Crippen LogP contribution in [0.5, 0.6) is 0 Å². The van der Waals surface area contributed by atoms with Gasteiger partial charge in [0.2, 0.25) is 0 Å². The monoisotopic (exact) mass is 220 g/mol. The maximum absolute atomic E-state index is 10.7. The van der Waals surface area contributed by atoms with E-state index >= 15 is 0 Å². The Kier molecular flexibility index (Phi) is 3.40. The van der Waals surface area contributed by atoms with Crippen molar-refractivity contribution < 1.29 is 20.9 Å². The van der Waals surface area contributed by atoms with Gasteiger partial charge < -0.3 is 10.4 Å². The van der Waals surface area contributed by atoms with Crippen LogP contribution in [-0.4, -0.2) is 10.4 Å². The van der Waals surface area contributed by atoms with Gasteiger partial charge >= 0.3 is 0 Å². The van der Waals surface area contributed by atoms with Gasteiger partial charge in [-0.1, -0.05) is 11.6 Å². The van der Waals surface area contributed by atoms with Gasteiger partial charge in [-0.3, -0.25) is 0 Å². The molecule has 0 saturated carbocycles. The molecule has 0 bridgehead atoms. The van der Waals surface area contributed by atoms with Gasteiger partial charge in [-0.15, -0.1) is 0 Å². The molecule has 0 radical (unpaired) electrons. The Morgan fingerprint density at radius 3 is 1.79 bits per heavy atom. The Morgan fingerprint density at radius 1 is 1.14 bits per heavy atom. The minimum Gasteiger partial charge on any atom is -0.595 e. The molecule has 1 aromatic carbocycles. The van der Waals surface area contributed by atoms with Crippen molar-refractivity contribution in [3.05, 3.63) is 33.1 Å². The van der Waals surface area contributed by atoms with Crippen molar-refractivity contribution in [2.75, 3.05) is 0 Å². The van der Waals surface area contributed by atoms with Crippen LogP contribution >= 0.6 is 11.6 Å². The Hall–Kier alpha value is -0.730. The lowest BCUT2D eigenvalue weighted by atomic mass is 10.1. The third kappa shape index (κ3) is 2.20. The first-order valence-electron chi connectivity index (χ1n) is 3.70. The molecule has 0 aliphatic rings. The van der Waals surface area contributed by atoms with Gasteiger partial charge in [0.25, 0.3) is 0 Å². The number of nitrogens with one attached hydrogen (secondary N) is 2. The Morgan fingerprint density at radius 2 is 1.50 bits per heavy atom. The largest absolute Gasteiger partial charge is 0.595 e. The quantitative estimate of drug-likeness (QED) is 0.503. The zero-order valence-corrected chi connectivity index (χ0v) is 8.00. The van der Waals surface area contributed by atoms with Crippen LogP contribution in [0.15, 0.2) is 12.1 Å². The van der Waals surface area contributed by atoms with Crippen LogP contribution < -0.4 is 10.5 Å². The molecular formula is C7H9ClN2O4. The van der Waals surface area contributed by atoms with E-state index in [4.69, 9.17) is 22.0 Å². The summed E-state index contributed by atoms with van der Waals surface area (Å²) in [5, 5.41) is 36.6. The molecular weight excluding hydrogens is 212 g/mol. The first-order valence-corrected chi connectivity index (χ1v) is 4.08. The maximum atomic E-state index is 10.7.